The van der Waals surface area contributed by atoms with E-state index in [-0.39, 0.29) is 23.8 Å². The summed E-state index contributed by atoms with van der Waals surface area (Å²) < 4.78 is 32.5. The summed E-state index contributed by atoms with van der Waals surface area (Å²) in [6, 6.07) is 22.0. The van der Waals surface area contributed by atoms with Gasteiger partial charge in [-0.25, -0.2) is 13.1 Å². The Bertz CT molecular complexity index is 1130. The van der Waals surface area contributed by atoms with Gasteiger partial charge in [0, 0.05) is 30.6 Å². The normalized spacial score (nSPS) is 11.2. The number of sulfonamides is 1. The molecule has 0 fully saturated rings. The average Bonchev–Trinajstić information content (AvgIpc) is 2.75. The minimum atomic E-state index is -3.64. The van der Waals surface area contributed by atoms with Crippen LogP contribution in [0.3, 0.4) is 0 Å². The topological polar surface area (TPSA) is 84.5 Å². The molecule has 0 bridgehead atoms. The standard InChI is InChI=1S/C24H26N2O4S/c1-18-8-11-22(12-9-18)31(28,29)25-15-14-24(27)26-21-10-13-23(30-2)20(17-21)16-19-6-4-3-5-7-19/h3-13,17,25H,14-16H2,1-2H3,(H,26,27). The van der Waals surface area contributed by atoms with Crippen molar-refractivity contribution >= 4 is 21.6 Å². The third-order valence-corrected chi connectivity index (χ3v) is 6.25. The number of hydrogen-bond acceptors (Lipinski definition) is 4. The number of aryl methyl sites for hydroxylation is 1. The van der Waals surface area contributed by atoms with Crippen LogP contribution in [0.2, 0.25) is 0 Å². The first-order valence-corrected chi connectivity index (χ1v) is 11.4. The number of nitrogens with one attached hydrogen (secondary N) is 2. The third-order valence-electron chi connectivity index (χ3n) is 4.78. The van der Waals surface area contributed by atoms with Crippen LogP contribution in [0.4, 0.5) is 5.69 Å². The lowest BCUT2D eigenvalue weighted by atomic mass is 10.0. The van der Waals surface area contributed by atoms with E-state index in [1.807, 2.05) is 49.4 Å². The van der Waals surface area contributed by atoms with Crippen LogP contribution in [-0.2, 0) is 21.2 Å². The summed E-state index contributed by atoms with van der Waals surface area (Å²) in [6.07, 6.45) is 0.690. The molecule has 2 N–H and O–H groups in total. The van der Waals surface area contributed by atoms with E-state index in [4.69, 9.17) is 4.74 Å². The highest BCUT2D eigenvalue weighted by molar-refractivity contribution is 7.89. The largest absolute Gasteiger partial charge is 0.496 e. The molecule has 3 aromatic carbocycles. The lowest BCUT2D eigenvalue weighted by Gasteiger charge is -2.12. The predicted octanol–water partition coefficient (Wildman–Crippen LogP) is 3.90. The molecule has 3 rings (SSSR count). The van der Waals surface area contributed by atoms with Crippen molar-refractivity contribution in [1.29, 1.82) is 0 Å². The number of methoxy groups -OCH3 is 1. The molecule has 0 saturated carbocycles. The van der Waals surface area contributed by atoms with Gasteiger partial charge in [-0.1, -0.05) is 48.0 Å². The molecule has 0 aliphatic carbocycles. The molecule has 6 nitrogen and oxygen atoms in total. The Morgan fingerprint density at radius 3 is 2.35 bits per heavy atom. The Balaban J connectivity index is 1.58. The molecule has 0 spiro atoms. The second-order valence-electron chi connectivity index (χ2n) is 7.20. The molecule has 1 amide bonds. The van der Waals surface area contributed by atoms with E-state index in [0.717, 1.165) is 22.4 Å². The fourth-order valence-corrected chi connectivity index (χ4v) is 4.17. The van der Waals surface area contributed by atoms with Crippen LogP contribution < -0.4 is 14.8 Å². The molecule has 0 atom stereocenters. The van der Waals surface area contributed by atoms with Crippen LogP contribution in [0.5, 0.6) is 5.75 Å². The highest BCUT2D eigenvalue weighted by atomic mass is 32.2. The van der Waals surface area contributed by atoms with Gasteiger partial charge >= 0.3 is 0 Å². The molecule has 162 valence electrons. The van der Waals surface area contributed by atoms with E-state index < -0.39 is 10.0 Å². The van der Waals surface area contributed by atoms with Gasteiger partial charge in [0.05, 0.1) is 12.0 Å². The van der Waals surface area contributed by atoms with E-state index in [0.29, 0.717) is 12.1 Å². The molecule has 0 unspecified atom stereocenters. The number of anilines is 1. The third kappa shape index (κ3) is 6.41. The fourth-order valence-electron chi connectivity index (χ4n) is 3.13. The van der Waals surface area contributed by atoms with Crippen LogP contribution in [0, 0.1) is 6.92 Å². The Morgan fingerprint density at radius 1 is 0.968 bits per heavy atom. The van der Waals surface area contributed by atoms with Crippen molar-refractivity contribution in [3.8, 4) is 5.75 Å². The van der Waals surface area contributed by atoms with Crippen molar-refractivity contribution in [2.24, 2.45) is 0 Å². The van der Waals surface area contributed by atoms with Crippen molar-refractivity contribution in [1.82, 2.24) is 4.72 Å². The molecule has 0 saturated heterocycles. The van der Waals surface area contributed by atoms with E-state index in [1.54, 1.807) is 37.4 Å². The zero-order chi connectivity index (χ0) is 22.3. The van der Waals surface area contributed by atoms with Gasteiger partial charge in [0.15, 0.2) is 0 Å². The van der Waals surface area contributed by atoms with E-state index in [1.165, 1.54) is 0 Å². The summed E-state index contributed by atoms with van der Waals surface area (Å²) in [5.41, 5.74) is 3.70. The number of rotatable bonds is 9. The van der Waals surface area contributed by atoms with Crippen molar-refractivity contribution in [2.75, 3.05) is 19.0 Å². The molecule has 7 heteroatoms. The van der Waals surface area contributed by atoms with Crippen LogP contribution >= 0.6 is 0 Å². The lowest BCUT2D eigenvalue weighted by Crippen LogP contribution is -2.27. The van der Waals surface area contributed by atoms with Crippen LogP contribution in [0.15, 0.2) is 77.7 Å². The van der Waals surface area contributed by atoms with Gasteiger partial charge in [-0.15, -0.1) is 0 Å². The molecular formula is C24H26N2O4S. The second kappa shape index (κ2) is 10.2. The molecule has 0 aliphatic rings. The Hall–Kier alpha value is -3.16. The van der Waals surface area contributed by atoms with Crippen LogP contribution in [-0.4, -0.2) is 28.0 Å². The maximum Gasteiger partial charge on any atom is 0.240 e. The van der Waals surface area contributed by atoms with Gasteiger partial charge in [0.1, 0.15) is 5.75 Å². The summed E-state index contributed by atoms with van der Waals surface area (Å²) in [4.78, 5) is 12.5. The number of carbonyl (C=O) groups is 1. The molecular weight excluding hydrogens is 412 g/mol. The van der Waals surface area contributed by atoms with Crippen molar-refractivity contribution in [3.63, 3.8) is 0 Å². The minimum absolute atomic E-state index is 0.00900. The molecule has 0 aromatic heterocycles. The molecule has 0 heterocycles. The fraction of sp³-hybridized carbons (Fsp3) is 0.208. The van der Waals surface area contributed by atoms with Crippen molar-refractivity contribution in [2.45, 2.75) is 24.7 Å². The number of benzene rings is 3. The molecule has 3 aromatic rings. The summed E-state index contributed by atoms with van der Waals surface area (Å²) in [5, 5.41) is 2.82. The van der Waals surface area contributed by atoms with Gasteiger partial charge in [-0.3, -0.25) is 4.79 Å². The molecule has 31 heavy (non-hydrogen) atoms. The van der Waals surface area contributed by atoms with Gasteiger partial charge in [0.2, 0.25) is 15.9 Å². The summed E-state index contributed by atoms with van der Waals surface area (Å²) in [5.74, 6) is 0.468. The first kappa shape index (κ1) is 22.5. The number of ether oxygens (including phenoxy) is 1. The Labute approximate surface area is 183 Å². The quantitative estimate of drug-likeness (QED) is 0.531. The van der Waals surface area contributed by atoms with Gasteiger partial charge in [0.25, 0.3) is 0 Å². The first-order valence-electron chi connectivity index (χ1n) is 9.94. The maximum absolute atomic E-state index is 12.3. The average molecular weight is 439 g/mol. The zero-order valence-electron chi connectivity index (χ0n) is 17.6. The first-order chi connectivity index (χ1) is 14.9. The highest BCUT2D eigenvalue weighted by Crippen LogP contribution is 2.25. The predicted molar refractivity (Wildman–Crippen MR) is 122 cm³/mol. The Morgan fingerprint density at radius 2 is 1.68 bits per heavy atom. The lowest BCUT2D eigenvalue weighted by molar-refractivity contribution is -0.116. The number of hydrogen-bond donors (Lipinski definition) is 2. The summed E-state index contributed by atoms with van der Waals surface area (Å²) >= 11 is 0. The van der Waals surface area contributed by atoms with Gasteiger partial charge in [-0.05, 0) is 42.8 Å². The minimum Gasteiger partial charge on any atom is -0.496 e. The Kier molecular flexibility index (Phi) is 7.44. The molecule has 0 radical (unpaired) electrons. The summed E-state index contributed by atoms with van der Waals surface area (Å²) in [7, 11) is -2.03. The van der Waals surface area contributed by atoms with Gasteiger partial charge in [-0.2, -0.15) is 0 Å². The van der Waals surface area contributed by atoms with E-state index in [2.05, 4.69) is 10.0 Å². The monoisotopic (exact) mass is 438 g/mol. The second-order valence-corrected chi connectivity index (χ2v) is 8.96. The summed E-state index contributed by atoms with van der Waals surface area (Å²) in [6.45, 7) is 1.90. The molecule has 0 aliphatic heterocycles. The number of amides is 1. The van der Waals surface area contributed by atoms with Crippen molar-refractivity contribution in [3.05, 3.63) is 89.5 Å². The smallest absolute Gasteiger partial charge is 0.240 e. The van der Waals surface area contributed by atoms with Gasteiger partial charge < -0.3 is 10.1 Å². The van der Waals surface area contributed by atoms with Crippen LogP contribution in [0.1, 0.15) is 23.1 Å². The maximum atomic E-state index is 12.3. The zero-order valence-corrected chi connectivity index (χ0v) is 18.4. The van der Waals surface area contributed by atoms with Crippen molar-refractivity contribution < 1.29 is 17.9 Å². The highest BCUT2D eigenvalue weighted by Gasteiger charge is 2.14. The van der Waals surface area contributed by atoms with E-state index in [9.17, 15) is 13.2 Å². The van der Waals surface area contributed by atoms with Crippen LogP contribution in [0.25, 0.3) is 0 Å². The number of carbonyl (C=O) groups excluding carboxylic acids is 1. The SMILES string of the molecule is COc1ccc(NC(=O)CCNS(=O)(=O)c2ccc(C)cc2)cc1Cc1ccccc1. The van der Waals surface area contributed by atoms with E-state index >= 15 is 0 Å².